The van der Waals surface area contributed by atoms with Crippen molar-refractivity contribution in [2.45, 2.75) is 52.1 Å². The lowest BCUT2D eigenvalue weighted by atomic mass is 10.1. The van der Waals surface area contributed by atoms with Crippen molar-refractivity contribution in [2.24, 2.45) is 0 Å². The van der Waals surface area contributed by atoms with E-state index in [9.17, 15) is 0 Å². The van der Waals surface area contributed by atoms with Crippen molar-refractivity contribution in [1.29, 1.82) is 0 Å². The van der Waals surface area contributed by atoms with E-state index >= 15 is 0 Å². The van der Waals surface area contributed by atoms with Gasteiger partial charge in [-0.2, -0.15) is 0 Å². The molecule has 1 aliphatic heterocycles. The van der Waals surface area contributed by atoms with Crippen molar-refractivity contribution in [3.05, 3.63) is 0 Å². The third-order valence-corrected chi connectivity index (χ3v) is 2.87. The van der Waals surface area contributed by atoms with Crippen LogP contribution in [0, 0.1) is 0 Å². The molecule has 0 amide bonds. The van der Waals surface area contributed by atoms with Gasteiger partial charge in [0.1, 0.15) is 0 Å². The minimum atomic E-state index is 0.689. The quantitative estimate of drug-likeness (QED) is 0.704. The second-order valence-corrected chi connectivity index (χ2v) is 4.39. The summed E-state index contributed by atoms with van der Waals surface area (Å²) in [6.45, 7) is 10.7. The standard InChI is InChI=1S/C11H24N2/c1-4-7-13-8-5-10(2)12-11(3)6-9-13/h10-12H,4-9H2,1-3H3. The third-order valence-electron chi connectivity index (χ3n) is 2.87. The van der Waals surface area contributed by atoms with Crippen molar-refractivity contribution in [2.75, 3.05) is 19.6 Å². The van der Waals surface area contributed by atoms with Crippen LogP contribution in [0.2, 0.25) is 0 Å². The predicted molar refractivity (Wildman–Crippen MR) is 58.0 cm³/mol. The summed E-state index contributed by atoms with van der Waals surface area (Å²) in [4.78, 5) is 2.60. The highest BCUT2D eigenvalue weighted by molar-refractivity contribution is 4.74. The topological polar surface area (TPSA) is 15.3 Å². The summed E-state index contributed by atoms with van der Waals surface area (Å²) in [6, 6.07) is 1.38. The smallest absolute Gasteiger partial charge is 0.00533 e. The van der Waals surface area contributed by atoms with Crippen LogP contribution in [0.3, 0.4) is 0 Å². The van der Waals surface area contributed by atoms with Gasteiger partial charge in [0, 0.05) is 12.1 Å². The van der Waals surface area contributed by atoms with E-state index in [4.69, 9.17) is 0 Å². The van der Waals surface area contributed by atoms with Crippen molar-refractivity contribution >= 4 is 0 Å². The van der Waals surface area contributed by atoms with Crippen molar-refractivity contribution in [3.8, 4) is 0 Å². The molecule has 2 nitrogen and oxygen atoms in total. The highest BCUT2D eigenvalue weighted by Crippen LogP contribution is 2.06. The Kier molecular flexibility index (Phi) is 4.74. The van der Waals surface area contributed by atoms with Crippen LogP contribution in [-0.4, -0.2) is 36.6 Å². The molecule has 0 saturated carbocycles. The zero-order chi connectivity index (χ0) is 9.68. The van der Waals surface area contributed by atoms with Gasteiger partial charge in [-0.15, -0.1) is 0 Å². The molecule has 0 bridgehead atoms. The molecule has 0 spiro atoms. The normalized spacial score (nSPS) is 32.5. The van der Waals surface area contributed by atoms with Crippen LogP contribution < -0.4 is 5.32 Å². The summed E-state index contributed by atoms with van der Waals surface area (Å²) >= 11 is 0. The minimum Gasteiger partial charge on any atom is -0.312 e. The minimum absolute atomic E-state index is 0.689. The van der Waals surface area contributed by atoms with Crippen molar-refractivity contribution < 1.29 is 0 Å². The van der Waals surface area contributed by atoms with Crippen LogP contribution in [-0.2, 0) is 0 Å². The third kappa shape index (κ3) is 4.10. The molecular weight excluding hydrogens is 160 g/mol. The fourth-order valence-electron chi connectivity index (χ4n) is 2.06. The number of hydrogen-bond acceptors (Lipinski definition) is 2. The summed E-state index contributed by atoms with van der Waals surface area (Å²) in [6.07, 6.45) is 3.88. The van der Waals surface area contributed by atoms with Crippen LogP contribution in [0.5, 0.6) is 0 Å². The first-order valence-corrected chi connectivity index (χ1v) is 5.70. The summed E-state index contributed by atoms with van der Waals surface area (Å²) in [5.74, 6) is 0. The Labute approximate surface area is 82.7 Å². The molecule has 2 heteroatoms. The molecule has 0 aliphatic carbocycles. The van der Waals surface area contributed by atoms with E-state index in [0.717, 1.165) is 0 Å². The summed E-state index contributed by atoms with van der Waals surface area (Å²) in [7, 11) is 0. The highest BCUT2D eigenvalue weighted by atomic mass is 15.1. The molecule has 13 heavy (non-hydrogen) atoms. The first-order valence-electron chi connectivity index (χ1n) is 5.70. The molecule has 0 radical (unpaired) electrons. The summed E-state index contributed by atoms with van der Waals surface area (Å²) in [5, 5.41) is 3.62. The number of nitrogens with one attached hydrogen (secondary N) is 1. The van der Waals surface area contributed by atoms with Gasteiger partial charge < -0.3 is 10.2 Å². The lowest BCUT2D eigenvalue weighted by molar-refractivity contribution is 0.219. The first kappa shape index (κ1) is 11.0. The van der Waals surface area contributed by atoms with E-state index < -0.39 is 0 Å². The van der Waals surface area contributed by atoms with Crippen molar-refractivity contribution in [3.63, 3.8) is 0 Å². The maximum Gasteiger partial charge on any atom is 0.00533 e. The molecule has 2 unspecified atom stereocenters. The maximum absolute atomic E-state index is 3.62. The maximum atomic E-state index is 3.62. The van der Waals surface area contributed by atoms with Crippen LogP contribution >= 0.6 is 0 Å². The predicted octanol–water partition coefficient (Wildman–Crippen LogP) is 1.86. The Morgan fingerprint density at radius 1 is 1.15 bits per heavy atom. The lowest BCUT2D eigenvalue weighted by Gasteiger charge is -2.30. The lowest BCUT2D eigenvalue weighted by Crippen LogP contribution is -2.43. The fourth-order valence-corrected chi connectivity index (χ4v) is 2.06. The fraction of sp³-hybridized carbons (Fsp3) is 1.00. The molecule has 2 atom stereocenters. The van der Waals surface area contributed by atoms with Gasteiger partial charge in [0.25, 0.3) is 0 Å². The molecule has 1 N–H and O–H groups in total. The number of rotatable bonds is 2. The van der Waals surface area contributed by atoms with E-state index in [1.54, 1.807) is 0 Å². The SMILES string of the molecule is CCCN1CCC(C)NC(C)CC1. The number of nitrogens with zero attached hydrogens (tertiary/aromatic N) is 1. The Bertz CT molecular complexity index is 124. The summed E-state index contributed by atoms with van der Waals surface area (Å²) in [5.41, 5.74) is 0. The Morgan fingerprint density at radius 3 is 2.15 bits per heavy atom. The first-order chi connectivity index (χ1) is 6.22. The summed E-state index contributed by atoms with van der Waals surface area (Å²) < 4.78 is 0. The van der Waals surface area contributed by atoms with Crippen LogP contribution in [0.25, 0.3) is 0 Å². The average Bonchev–Trinajstić information content (AvgIpc) is 2.07. The molecule has 1 aliphatic rings. The molecular formula is C11H24N2. The van der Waals surface area contributed by atoms with Gasteiger partial charge in [-0.1, -0.05) is 6.92 Å². The zero-order valence-corrected chi connectivity index (χ0v) is 9.34. The highest BCUT2D eigenvalue weighted by Gasteiger charge is 2.14. The Hall–Kier alpha value is -0.0800. The monoisotopic (exact) mass is 184 g/mol. The molecule has 0 aromatic rings. The molecule has 78 valence electrons. The van der Waals surface area contributed by atoms with Gasteiger partial charge >= 0.3 is 0 Å². The molecule has 0 aromatic carbocycles. The van der Waals surface area contributed by atoms with Gasteiger partial charge in [0.2, 0.25) is 0 Å². The van der Waals surface area contributed by atoms with Crippen LogP contribution in [0.1, 0.15) is 40.0 Å². The molecule has 1 heterocycles. The Morgan fingerprint density at radius 2 is 1.69 bits per heavy atom. The molecule has 1 rings (SSSR count). The van der Waals surface area contributed by atoms with E-state index in [1.807, 2.05) is 0 Å². The van der Waals surface area contributed by atoms with E-state index in [2.05, 4.69) is 31.0 Å². The second kappa shape index (κ2) is 5.61. The van der Waals surface area contributed by atoms with E-state index in [1.165, 1.54) is 38.9 Å². The average molecular weight is 184 g/mol. The van der Waals surface area contributed by atoms with Gasteiger partial charge in [0.15, 0.2) is 0 Å². The number of hydrogen-bond donors (Lipinski definition) is 1. The van der Waals surface area contributed by atoms with Crippen molar-refractivity contribution in [1.82, 2.24) is 10.2 Å². The molecule has 1 saturated heterocycles. The van der Waals surface area contributed by atoms with Gasteiger partial charge in [0.05, 0.1) is 0 Å². The van der Waals surface area contributed by atoms with E-state index in [0.29, 0.717) is 12.1 Å². The molecule has 1 fully saturated rings. The van der Waals surface area contributed by atoms with Crippen LogP contribution in [0.4, 0.5) is 0 Å². The zero-order valence-electron chi connectivity index (χ0n) is 9.34. The Balaban J connectivity index is 2.34. The van der Waals surface area contributed by atoms with Crippen LogP contribution in [0.15, 0.2) is 0 Å². The van der Waals surface area contributed by atoms with Gasteiger partial charge in [-0.25, -0.2) is 0 Å². The van der Waals surface area contributed by atoms with E-state index in [-0.39, 0.29) is 0 Å². The molecule has 0 aromatic heterocycles. The largest absolute Gasteiger partial charge is 0.312 e. The second-order valence-electron chi connectivity index (χ2n) is 4.39. The van der Waals surface area contributed by atoms with Gasteiger partial charge in [-0.3, -0.25) is 0 Å². The van der Waals surface area contributed by atoms with Gasteiger partial charge in [-0.05, 0) is 52.7 Å².